The number of aryl methyl sites for hydroxylation is 1. The summed E-state index contributed by atoms with van der Waals surface area (Å²) >= 11 is 0. The number of nitrogens with two attached hydrogens (primary N) is 1. The summed E-state index contributed by atoms with van der Waals surface area (Å²) in [6.45, 7) is 1.67. The van der Waals surface area contributed by atoms with Gasteiger partial charge in [0, 0.05) is 18.5 Å². The first-order valence-corrected chi connectivity index (χ1v) is 11.5. The molecule has 0 aromatic heterocycles. The van der Waals surface area contributed by atoms with E-state index in [4.69, 9.17) is 19.3 Å². The number of nitrogens with one attached hydrogen (secondary N) is 1. The largest absolute Gasteiger partial charge is 0.493 e. The fourth-order valence-corrected chi connectivity index (χ4v) is 4.62. The molecule has 9 heteroatoms. The van der Waals surface area contributed by atoms with Gasteiger partial charge in [-0.15, -0.1) is 0 Å². The maximum atomic E-state index is 11.8. The lowest BCUT2D eigenvalue weighted by Crippen LogP contribution is -2.42. The number of ether oxygens (including phenoxy) is 3. The summed E-state index contributed by atoms with van der Waals surface area (Å²) in [7, 11) is -3.89. The van der Waals surface area contributed by atoms with E-state index in [1.54, 1.807) is 12.1 Å². The third kappa shape index (κ3) is 4.39. The van der Waals surface area contributed by atoms with Gasteiger partial charge in [-0.3, -0.25) is 0 Å². The van der Waals surface area contributed by atoms with Crippen molar-refractivity contribution in [2.75, 3.05) is 26.5 Å². The second kappa shape index (κ2) is 8.43. The number of unbranched alkanes of at least 4 members (excludes halogenated alkanes) is 1. The lowest BCUT2D eigenvalue weighted by molar-refractivity contribution is -0.00202. The molecule has 2 aromatic carbocycles. The molecule has 0 radical (unpaired) electrons. The van der Waals surface area contributed by atoms with Gasteiger partial charge in [0.15, 0.2) is 11.5 Å². The molecule has 1 unspecified atom stereocenters. The number of rotatable bonds is 8. The molecule has 30 heavy (non-hydrogen) atoms. The highest BCUT2D eigenvalue weighted by Gasteiger charge is 2.35. The molecule has 0 saturated heterocycles. The lowest BCUT2D eigenvalue weighted by Gasteiger charge is -2.34. The van der Waals surface area contributed by atoms with E-state index in [0.717, 1.165) is 36.3 Å². The Labute approximate surface area is 176 Å². The van der Waals surface area contributed by atoms with Gasteiger partial charge in [-0.05, 0) is 49.6 Å². The summed E-state index contributed by atoms with van der Waals surface area (Å²) in [6.07, 6.45) is 2.94. The smallest absolute Gasteiger partial charge is 0.241 e. The quantitative estimate of drug-likeness (QED) is 0.540. The Kier molecular flexibility index (Phi) is 5.88. The Balaban J connectivity index is 1.29. The Morgan fingerprint density at radius 1 is 1.10 bits per heavy atom. The minimum Gasteiger partial charge on any atom is -0.493 e. The van der Waals surface area contributed by atoms with Crippen molar-refractivity contribution in [3.05, 3.63) is 47.5 Å². The molecule has 8 nitrogen and oxygen atoms in total. The minimum absolute atomic E-state index is 0.0116. The van der Waals surface area contributed by atoms with E-state index in [0.29, 0.717) is 31.7 Å². The average molecular weight is 435 g/mol. The number of hydrogen-bond acceptors (Lipinski definition) is 7. The van der Waals surface area contributed by atoms with E-state index in [9.17, 15) is 13.5 Å². The maximum Gasteiger partial charge on any atom is 0.241 e. The maximum absolute atomic E-state index is 11.8. The van der Waals surface area contributed by atoms with Crippen molar-refractivity contribution >= 4 is 10.0 Å². The van der Waals surface area contributed by atoms with Gasteiger partial charge in [0.1, 0.15) is 16.2 Å². The second-order valence-corrected chi connectivity index (χ2v) is 9.16. The summed E-state index contributed by atoms with van der Waals surface area (Å²) in [5.74, 6) is 1.34. The van der Waals surface area contributed by atoms with Crippen LogP contribution in [-0.2, 0) is 22.0 Å². The molecule has 2 aliphatic rings. The Morgan fingerprint density at radius 2 is 1.93 bits per heavy atom. The van der Waals surface area contributed by atoms with Crippen LogP contribution in [0.1, 0.15) is 30.4 Å². The molecule has 0 spiro atoms. The highest BCUT2D eigenvalue weighted by molar-refractivity contribution is 7.89. The SMILES string of the molecule is NS(=O)(=O)c1cc(CCCCNCC2(O)CCOc3ccccc32)cc2c1OCO2. The number of benzene rings is 2. The van der Waals surface area contributed by atoms with Crippen LogP contribution in [-0.4, -0.2) is 40.0 Å². The van der Waals surface area contributed by atoms with Crippen molar-refractivity contribution in [3.63, 3.8) is 0 Å². The van der Waals surface area contributed by atoms with Gasteiger partial charge in [-0.2, -0.15) is 0 Å². The molecule has 2 aromatic rings. The van der Waals surface area contributed by atoms with E-state index in [-0.39, 0.29) is 17.4 Å². The number of hydrogen-bond donors (Lipinski definition) is 3. The van der Waals surface area contributed by atoms with Gasteiger partial charge in [-0.1, -0.05) is 18.2 Å². The Morgan fingerprint density at radius 3 is 2.77 bits per heavy atom. The lowest BCUT2D eigenvalue weighted by atomic mass is 9.88. The van der Waals surface area contributed by atoms with Crippen LogP contribution >= 0.6 is 0 Å². The summed E-state index contributed by atoms with van der Waals surface area (Å²) in [4.78, 5) is -0.0361. The first-order chi connectivity index (χ1) is 14.4. The molecular formula is C21H26N2O6S. The fourth-order valence-electron chi connectivity index (χ4n) is 3.89. The highest BCUT2D eigenvalue weighted by Crippen LogP contribution is 2.39. The van der Waals surface area contributed by atoms with Gasteiger partial charge < -0.3 is 24.6 Å². The number of para-hydroxylation sites is 1. The van der Waals surface area contributed by atoms with E-state index >= 15 is 0 Å². The first-order valence-electron chi connectivity index (χ1n) is 9.97. The number of sulfonamides is 1. The zero-order valence-electron chi connectivity index (χ0n) is 16.6. The third-order valence-electron chi connectivity index (χ3n) is 5.45. The molecule has 2 heterocycles. The first kappa shape index (κ1) is 20.9. The van der Waals surface area contributed by atoms with Gasteiger partial charge in [0.05, 0.1) is 6.61 Å². The van der Waals surface area contributed by atoms with E-state index in [2.05, 4.69) is 5.32 Å². The van der Waals surface area contributed by atoms with Crippen molar-refractivity contribution in [1.29, 1.82) is 0 Å². The van der Waals surface area contributed by atoms with Crippen LogP contribution in [0.2, 0.25) is 0 Å². The average Bonchev–Trinajstić information content (AvgIpc) is 3.18. The van der Waals surface area contributed by atoms with Crippen molar-refractivity contribution in [1.82, 2.24) is 5.32 Å². The van der Waals surface area contributed by atoms with Gasteiger partial charge in [0.25, 0.3) is 0 Å². The van der Waals surface area contributed by atoms with Crippen LogP contribution in [0.25, 0.3) is 0 Å². The van der Waals surface area contributed by atoms with Crippen LogP contribution in [0.3, 0.4) is 0 Å². The van der Waals surface area contributed by atoms with Crippen molar-refractivity contribution in [2.24, 2.45) is 5.14 Å². The molecule has 0 fully saturated rings. The van der Waals surface area contributed by atoms with Crippen molar-refractivity contribution in [2.45, 2.75) is 36.2 Å². The van der Waals surface area contributed by atoms with E-state index < -0.39 is 15.6 Å². The van der Waals surface area contributed by atoms with Crippen LogP contribution in [0.4, 0.5) is 0 Å². The van der Waals surface area contributed by atoms with Gasteiger partial charge in [-0.25, -0.2) is 13.6 Å². The van der Waals surface area contributed by atoms with Crippen LogP contribution in [0.15, 0.2) is 41.3 Å². The fraction of sp³-hybridized carbons (Fsp3) is 0.429. The van der Waals surface area contributed by atoms with Crippen LogP contribution in [0, 0.1) is 0 Å². The minimum atomic E-state index is -3.89. The van der Waals surface area contributed by atoms with Crippen LogP contribution in [0.5, 0.6) is 17.2 Å². The predicted octanol–water partition coefficient (Wildman–Crippen LogP) is 1.65. The zero-order chi connectivity index (χ0) is 21.2. The Bertz CT molecular complexity index is 1030. The summed E-state index contributed by atoms with van der Waals surface area (Å²) < 4.78 is 39.8. The number of fused-ring (bicyclic) bond motifs is 2. The van der Waals surface area contributed by atoms with E-state index in [1.807, 2.05) is 24.3 Å². The topological polar surface area (TPSA) is 120 Å². The van der Waals surface area contributed by atoms with Crippen LogP contribution < -0.4 is 24.7 Å². The molecule has 4 N–H and O–H groups in total. The number of aliphatic hydroxyl groups is 1. The molecule has 162 valence electrons. The molecule has 0 aliphatic carbocycles. The molecule has 0 bridgehead atoms. The third-order valence-corrected chi connectivity index (χ3v) is 6.37. The number of primary sulfonamides is 1. The van der Waals surface area contributed by atoms with Gasteiger partial charge >= 0.3 is 0 Å². The normalized spacial score (nSPS) is 19.9. The summed E-state index contributed by atoms with van der Waals surface area (Å²) in [5, 5.41) is 19.7. The summed E-state index contributed by atoms with van der Waals surface area (Å²) in [6, 6.07) is 10.9. The van der Waals surface area contributed by atoms with E-state index in [1.165, 1.54) is 0 Å². The second-order valence-electron chi connectivity index (χ2n) is 7.63. The summed E-state index contributed by atoms with van der Waals surface area (Å²) in [5.41, 5.74) is 0.719. The highest BCUT2D eigenvalue weighted by atomic mass is 32.2. The molecule has 1 atom stereocenters. The molecular weight excluding hydrogens is 408 g/mol. The molecule has 0 amide bonds. The molecule has 2 aliphatic heterocycles. The van der Waals surface area contributed by atoms with Gasteiger partial charge in [0.2, 0.25) is 16.8 Å². The molecule has 4 rings (SSSR count). The molecule has 0 saturated carbocycles. The van der Waals surface area contributed by atoms with Crippen molar-refractivity contribution < 1.29 is 27.7 Å². The van der Waals surface area contributed by atoms with Crippen molar-refractivity contribution in [3.8, 4) is 17.2 Å². The monoisotopic (exact) mass is 434 g/mol. The Hall–Kier alpha value is -2.33. The predicted molar refractivity (Wildman–Crippen MR) is 110 cm³/mol. The zero-order valence-corrected chi connectivity index (χ0v) is 17.4. The standard InChI is InChI=1S/C21H26N2O6S/c22-30(25,26)19-12-15(11-18-20(19)29-14-28-18)5-3-4-9-23-13-21(24)8-10-27-17-7-2-1-6-16(17)21/h1-2,6-7,11-12,23-24H,3-5,8-10,13-14H2,(H2,22,25,26).